The third-order valence-electron chi connectivity index (χ3n) is 5.85. The number of amides is 1. The first-order valence-electron chi connectivity index (χ1n) is 11.1. The van der Waals surface area contributed by atoms with Crippen molar-refractivity contribution in [1.82, 2.24) is 14.9 Å². The van der Waals surface area contributed by atoms with Crippen molar-refractivity contribution in [3.8, 4) is 17.1 Å². The van der Waals surface area contributed by atoms with Crippen LogP contribution in [0.5, 0.6) is 5.75 Å². The fraction of sp³-hybridized carbons (Fsp3) is 0.400. The van der Waals surface area contributed by atoms with Crippen molar-refractivity contribution in [3.63, 3.8) is 0 Å². The summed E-state index contributed by atoms with van der Waals surface area (Å²) in [6.07, 6.45) is -0.476. The standard InChI is InChI=1S/C25H30N4O3.ClH/c1-16(2)14-22(31)25(32)29-12-10-28(11-13-29)24-18-9-8-17(3)15-20(18)26-23(27-24)19-6-4-5-7-21(19)30;/h4-9,15-16,22,30-31H,10-14H2,1-3H3;1H. The zero-order valence-electron chi connectivity index (χ0n) is 19.2. The van der Waals surface area contributed by atoms with Gasteiger partial charge >= 0.3 is 0 Å². The van der Waals surface area contributed by atoms with Gasteiger partial charge in [-0.3, -0.25) is 4.79 Å². The fourth-order valence-corrected chi connectivity index (χ4v) is 4.14. The number of halogens is 1. The SMILES string of the molecule is Cc1ccc2c(N3CCN(C(=O)C(O)CC(C)C)CC3)nc(-c3ccccc3O)nc2c1.Cl. The number of aryl methyl sites for hydroxylation is 1. The summed E-state index contributed by atoms with van der Waals surface area (Å²) in [7, 11) is 0. The molecule has 1 aliphatic rings. The predicted octanol–water partition coefficient (Wildman–Crippen LogP) is 3.79. The number of hydrogen-bond acceptors (Lipinski definition) is 6. The Kier molecular flexibility index (Phi) is 7.76. The number of nitrogens with zero attached hydrogens (tertiary/aromatic N) is 4. The molecule has 2 heterocycles. The van der Waals surface area contributed by atoms with E-state index < -0.39 is 6.10 Å². The average molecular weight is 471 g/mol. The molecule has 7 nitrogen and oxygen atoms in total. The first-order chi connectivity index (χ1) is 15.3. The molecular formula is C25H31ClN4O3. The lowest BCUT2D eigenvalue weighted by Gasteiger charge is -2.37. The summed E-state index contributed by atoms with van der Waals surface area (Å²) in [4.78, 5) is 26.1. The number of benzene rings is 2. The lowest BCUT2D eigenvalue weighted by Crippen LogP contribution is -2.52. The molecule has 1 atom stereocenters. The number of carbonyl (C=O) groups is 1. The summed E-state index contributed by atoms with van der Waals surface area (Å²) in [5.41, 5.74) is 2.50. The minimum Gasteiger partial charge on any atom is -0.507 e. The molecule has 0 saturated carbocycles. The van der Waals surface area contributed by atoms with E-state index in [1.807, 2.05) is 51.1 Å². The summed E-state index contributed by atoms with van der Waals surface area (Å²) >= 11 is 0. The lowest BCUT2D eigenvalue weighted by atomic mass is 10.0. The minimum absolute atomic E-state index is 0. The van der Waals surface area contributed by atoms with Gasteiger partial charge in [-0.1, -0.05) is 32.0 Å². The van der Waals surface area contributed by atoms with Crippen molar-refractivity contribution in [2.75, 3.05) is 31.1 Å². The van der Waals surface area contributed by atoms with Gasteiger partial charge in [-0.2, -0.15) is 0 Å². The molecule has 3 aromatic rings. The Morgan fingerprint density at radius 3 is 2.42 bits per heavy atom. The monoisotopic (exact) mass is 470 g/mol. The van der Waals surface area contributed by atoms with Crippen LogP contribution in [0.3, 0.4) is 0 Å². The molecule has 1 aromatic heterocycles. The number of fused-ring (bicyclic) bond motifs is 1. The molecule has 1 unspecified atom stereocenters. The van der Waals surface area contributed by atoms with E-state index in [1.165, 1.54) is 0 Å². The second-order valence-electron chi connectivity index (χ2n) is 8.87. The van der Waals surface area contributed by atoms with Crippen LogP contribution in [-0.4, -0.2) is 63.3 Å². The number of phenols is 1. The second kappa shape index (κ2) is 10.4. The summed E-state index contributed by atoms with van der Waals surface area (Å²) in [6.45, 7) is 8.29. The molecule has 1 aliphatic heterocycles. The normalized spacial score (nSPS) is 14.9. The average Bonchev–Trinajstić information content (AvgIpc) is 2.77. The van der Waals surface area contributed by atoms with Crippen LogP contribution in [-0.2, 0) is 4.79 Å². The van der Waals surface area contributed by atoms with Crippen LogP contribution in [0.15, 0.2) is 42.5 Å². The third kappa shape index (κ3) is 5.37. The maximum Gasteiger partial charge on any atom is 0.251 e. The van der Waals surface area contributed by atoms with Gasteiger partial charge in [0.2, 0.25) is 0 Å². The van der Waals surface area contributed by atoms with Crippen molar-refractivity contribution in [2.45, 2.75) is 33.3 Å². The van der Waals surface area contributed by atoms with Crippen molar-refractivity contribution in [3.05, 3.63) is 48.0 Å². The number of hydrogen-bond donors (Lipinski definition) is 2. The zero-order valence-corrected chi connectivity index (χ0v) is 20.0. The molecule has 2 N–H and O–H groups in total. The first kappa shape index (κ1) is 24.7. The molecule has 176 valence electrons. The molecule has 0 radical (unpaired) electrons. The van der Waals surface area contributed by atoms with E-state index in [1.54, 1.807) is 17.0 Å². The Morgan fingerprint density at radius 1 is 1.06 bits per heavy atom. The van der Waals surface area contributed by atoms with Crippen molar-refractivity contribution in [2.24, 2.45) is 5.92 Å². The van der Waals surface area contributed by atoms with E-state index in [2.05, 4.69) is 4.90 Å². The number of aromatic hydroxyl groups is 1. The van der Waals surface area contributed by atoms with Gasteiger partial charge in [0.05, 0.1) is 11.1 Å². The number of anilines is 1. The minimum atomic E-state index is -0.947. The van der Waals surface area contributed by atoms with Gasteiger partial charge in [-0.25, -0.2) is 9.97 Å². The van der Waals surface area contributed by atoms with Crippen LogP contribution in [0.2, 0.25) is 0 Å². The quantitative estimate of drug-likeness (QED) is 0.589. The van der Waals surface area contributed by atoms with Crippen LogP contribution in [0.1, 0.15) is 25.8 Å². The highest BCUT2D eigenvalue weighted by atomic mass is 35.5. The number of phenolic OH excluding ortho intramolecular Hbond substituents is 1. The molecule has 1 amide bonds. The van der Waals surface area contributed by atoms with Crippen molar-refractivity contribution < 1.29 is 15.0 Å². The summed E-state index contributed by atoms with van der Waals surface area (Å²) in [6, 6.07) is 13.1. The molecule has 4 rings (SSSR count). The number of rotatable bonds is 5. The molecular weight excluding hydrogens is 440 g/mol. The van der Waals surface area contributed by atoms with E-state index in [4.69, 9.17) is 9.97 Å². The predicted molar refractivity (Wildman–Crippen MR) is 133 cm³/mol. The Bertz CT molecular complexity index is 1130. The van der Waals surface area contributed by atoms with E-state index in [-0.39, 0.29) is 30.0 Å². The van der Waals surface area contributed by atoms with E-state index in [9.17, 15) is 15.0 Å². The smallest absolute Gasteiger partial charge is 0.251 e. The summed E-state index contributed by atoms with van der Waals surface area (Å²) < 4.78 is 0. The molecule has 0 bridgehead atoms. The highest BCUT2D eigenvalue weighted by molar-refractivity contribution is 5.92. The van der Waals surface area contributed by atoms with Gasteiger partial charge in [0, 0.05) is 31.6 Å². The van der Waals surface area contributed by atoms with Crippen LogP contribution in [0, 0.1) is 12.8 Å². The van der Waals surface area contributed by atoms with E-state index in [0.717, 1.165) is 22.3 Å². The maximum atomic E-state index is 12.6. The number of carbonyl (C=O) groups excluding carboxylic acids is 1. The molecule has 0 aliphatic carbocycles. The lowest BCUT2D eigenvalue weighted by molar-refractivity contribution is -0.141. The topological polar surface area (TPSA) is 89.8 Å². The van der Waals surface area contributed by atoms with Crippen LogP contribution in [0.25, 0.3) is 22.3 Å². The highest BCUT2D eigenvalue weighted by Gasteiger charge is 2.28. The van der Waals surface area contributed by atoms with Crippen molar-refractivity contribution in [1.29, 1.82) is 0 Å². The first-order valence-corrected chi connectivity index (χ1v) is 11.1. The van der Waals surface area contributed by atoms with Gasteiger partial charge in [0.1, 0.15) is 17.7 Å². The van der Waals surface area contributed by atoms with E-state index >= 15 is 0 Å². The number of aliphatic hydroxyl groups excluding tert-OH is 1. The Balaban J connectivity index is 0.00000306. The number of para-hydroxylation sites is 1. The number of aromatic nitrogens is 2. The molecule has 2 aromatic carbocycles. The molecule has 0 spiro atoms. The molecule has 8 heteroatoms. The molecule has 1 fully saturated rings. The van der Waals surface area contributed by atoms with Gasteiger partial charge in [0.15, 0.2) is 5.82 Å². The Hall–Kier alpha value is -2.90. The largest absolute Gasteiger partial charge is 0.507 e. The number of piperazine rings is 1. The molecule has 1 saturated heterocycles. The number of aliphatic hydroxyl groups is 1. The summed E-state index contributed by atoms with van der Waals surface area (Å²) in [5.74, 6) is 1.47. The Labute approximate surface area is 200 Å². The van der Waals surface area contributed by atoms with Crippen molar-refractivity contribution >= 4 is 35.0 Å². The van der Waals surface area contributed by atoms with Gasteiger partial charge in [-0.15, -0.1) is 12.4 Å². The van der Waals surface area contributed by atoms with Gasteiger partial charge in [-0.05, 0) is 49.1 Å². The van der Waals surface area contributed by atoms with E-state index in [0.29, 0.717) is 44.0 Å². The maximum absolute atomic E-state index is 12.6. The highest BCUT2D eigenvalue weighted by Crippen LogP contribution is 2.32. The Morgan fingerprint density at radius 2 is 1.76 bits per heavy atom. The van der Waals surface area contributed by atoms with Crippen LogP contribution in [0.4, 0.5) is 5.82 Å². The fourth-order valence-electron chi connectivity index (χ4n) is 4.14. The van der Waals surface area contributed by atoms with Gasteiger partial charge in [0.25, 0.3) is 5.91 Å². The zero-order chi connectivity index (χ0) is 22.8. The summed E-state index contributed by atoms with van der Waals surface area (Å²) in [5, 5.41) is 21.5. The van der Waals surface area contributed by atoms with Crippen LogP contribution < -0.4 is 4.90 Å². The van der Waals surface area contributed by atoms with Crippen LogP contribution >= 0.6 is 12.4 Å². The van der Waals surface area contributed by atoms with Gasteiger partial charge < -0.3 is 20.0 Å². The molecule has 33 heavy (non-hydrogen) atoms. The third-order valence-corrected chi connectivity index (χ3v) is 5.85. The second-order valence-corrected chi connectivity index (χ2v) is 8.87.